The highest BCUT2D eigenvalue weighted by atomic mass is 35.5. The van der Waals surface area contributed by atoms with Gasteiger partial charge in [-0.2, -0.15) is 0 Å². The second kappa shape index (κ2) is 4.31. The van der Waals surface area contributed by atoms with Crippen molar-refractivity contribution in [1.82, 2.24) is 5.32 Å². The van der Waals surface area contributed by atoms with E-state index in [2.05, 4.69) is 12.2 Å². The Morgan fingerprint density at radius 2 is 2.18 bits per heavy atom. The van der Waals surface area contributed by atoms with Crippen LogP contribution >= 0.6 is 11.6 Å². The van der Waals surface area contributed by atoms with Gasteiger partial charge >= 0.3 is 0 Å². The van der Waals surface area contributed by atoms with E-state index in [1.807, 2.05) is 38.1 Å². The Morgan fingerprint density at radius 1 is 1.47 bits per heavy atom. The summed E-state index contributed by atoms with van der Waals surface area (Å²) in [7, 11) is 0. The summed E-state index contributed by atoms with van der Waals surface area (Å²) in [6.45, 7) is 6.55. The molecule has 17 heavy (non-hydrogen) atoms. The van der Waals surface area contributed by atoms with Crippen molar-refractivity contribution in [3.05, 3.63) is 29.3 Å². The Hall–Kier alpha value is -1.06. The topological polar surface area (TPSA) is 32.3 Å². The second-order valence-corrected chi connectivity index (χ2v) is 5.50. The number of amides is 1. The van der Waals surface area contributed by atoms with Crippen molar-refractivity contribution in [2.45, 2.75) is 32.4 Å². The summed E-state index contributed by atoms with van der Waals surface area (Å²) >= 11 is 5.97. The molecule has 1 N–H and O–H groups in total. The quantitative estimate of drug-likeness (QED) is 0.833. The van der Waals surface area contributed by atoms with Gasteiger partial charge in [-0.25, -0.2) is 0 Å². The first-order valence-corrected chi connectivity index (χ1v) is 6.13. The molecule has 1 aliphatic heterocycles. The average molecular weight is 253 g/mol. The minimum atomic E-state index is -0.528. The van der Waals surface area contributed by atoms with Crippen molar-refractivity contribution >= 4 is 23.2 Å². The molecule has 1 aromatic rings. The maximum atomic E-state index is 12.3. The van der Waals surface area contributed by atoms with Gasteiger partial charge in [0.15, 0.2) is 0 Å². The third kappa shape index (κ3) is 2.45. The second-order valence-electron chi connectivity index (χ2n) is 5.07. The molecule has 1 saturated heterocycles. The Kier molecular flexibility index (Phi) is 3.15. The molecular formula is C13H17ClN2O. The molecule has 0 bridgehead atoms. The van der Waals surface area contributed by atoms with Crippen LogP contribution in [0, 0.1) is 0 Å². The first-order valence-electron chi connectivity index (χ1n) is 5.75. The standard InChI is InChI=1S/C13H17ClN2O/c1-9-8-16(12(17)13(2,3)15-9)11-6-4-5-10(14)7-11/h4-7,9,15H,8H2,1-3H3. The van der Waals surface area contributed by atoms with Gasteiger partial charge in [0.2, 0.25) is 5.91 Å². The number of rotatable bonds is 1. The normalized spacial score (nSPS) is 23.9. The number of halogens is 1. The number of hydrogen-bond donors (Lipinski definition) is 1. The fourth-order valence-electron chi connectivity index (χ4n) is 2.28. The van der Waals surface area contributed by atoms with E-state index >= 15 is 0 Å². The molecule has 1 aliphatic rings. The van der Waals surface area contributed by atoms with E-state index in [0.717, 1.165) is 5.69 Å². The molecule has 1 unspecified atom stereocenters. The van der Waals surface area contributed by atoms with E-state index in [0.29, 0.717) is 11.6 Å². The molecule has 1 fully saturated rings. The minimum absolute atomic E-state index is 0.0814. The van der Waals surface area contributed by atoms with Gasteiger partial charge in [-0.05, 0) is 39.0 Å². The molecule has 0 saturated carbocycles. The molecule has 1 heterocycles. The molecule has 92 valence electrons. The lowest BCUT2D eigenvalue weighted by Gasteiger charge is -2.41. The summed E-state index contributed by atoms with van der Waals surface area (Å²) in [6, 6.07) is 7.68. The number of benzene rings is 1. The van der Waals surface area contributed by atoms with Gasteiger partial charge in [-0.3, -0.25) is 10.1 Å². The van der Waals surface area contributed by atoms with Gasteiger partial charge in [0, 0.05) is 23.3 Å². The first kappa shape index (κ1) is 12.4. The number of carbonyl (C=O) groups is 1. The van der Waals surface area contributed by atoms with Crippen molar-refractivity contribution < 1.29 is 4.79 Å². The third-order valence-corrected chi connectivity index (χ3v) is 3.20. The van der Waals surface area contributed by atoms with Crippen LogP contribution in [0.5, 0.6) is 0 Å². The highest BCUT2D eigenvalue weighted by Crippen LogP contribution is 2.25. The molecule has 0 aromatic heterocycles. The van der Waals surface area contributed by atoms with Crippen LogP contribution in [0.1, 0.15) is 20.8 Å². The largest absolute Gasteiger partial charge is 0.309 e. The molecule has 0 aliphatic carbocycles. The molecule has 1 aromatic carbocycles. The van der Waals surface area contributed by atoms with Crippen LogP contribution in [0.25, 0.3) is 0 Å². The molecule has 4 heteroatoms. The van der Waals surface area contributed by atoms with Crippen LogP contribution in [-0.4, -0.2) is 24.0 Å². The summed E-state index contributed by atoms with van der Waals surface area (Å²) < 4.78 is 0. The maximum absolute atomic E-state index is 12.3. The van der Waals surface area contributed by atoms with Crippen LogP contribution in [-0.2, 0) is 4.79 Å². The van der Waals surface area contributed by atoms with Gasteiger partial charge in [0.1, 0.15) is 0 Å². The van der Waals surface area contributed by atoms with Crippen LogP contribution < -0.4 is 10.2 Å². The van der Waals surface area contributed by atoms with E-state index < -0.39 is 5.54 Å². The fourth-order valence-corrected chi connectivity index (χ4v) is 2.47. The van der Waals surface area contributed by atoms with E-state index in [9.17, 15) is 4.79 Å². The van der Waals surface area contributed by atoms with Crippen molar-refractivity contribution in [3.63, 3.8) is 0 Å². The zero-order valence-corrected chi connectivity index (χ0v) is 11.1. The summed E-state index contributed by atoms with van der Waals surface area (Å²) in [5, 5.41) is 3.95. The van der Waals surface area contributed by atoms with Crippen LogP contribution in [0.15, 0.2) is 24.3 Å². The van der Waals surface area contributed by atoms with Crippen LogP contribution in [0.4, 0.5) is 5.69 Å². The molecule has 3 nitrogen and oxygen atoms in total. The molecule has 1 atom stereocenters. The van der Waals surface area contributed by atoms with E-state index in [1.54, 1.807) is 4.90 Å². The average Bonchev–Trinajstić information content (AvgIpc) is 2.22. The molecule has 2 rings (SSSR count). The smallest absolute Gasteiger partial charge is 0.246 e. The summed E-state index contributed by atoms with van der Waals surface area (Å²) in [6.07, 6.45) is 0. The zero-order chi connectivity index (χ0) is 12.6. The van der Waals surface area contributed by atoms with E-state index in [-0.39, 0.29) is 11.9 Å². The SMILES string of the molecule is CC1CN(c2cccc(Cl)c2)C(=O)C(C)(C)N1. The maximum Gasteiger partial charge on any atom is 0.246 e. The lowest BCUT2D eigenvalue weighted by atomic mass is 9.97. The van der Waals surface area contributed by atoms with E-state index in [1.165, 1.54) is 0 Å². The van der Waals surface area contributed by atoms with Crippen molar-refractivity contribution in [3.8, 4) is 0 Å². The van der Waals surface area contributed by atoms with E-state index in [4.69, 9.17) is 11.6 Å². The lowest BCUT2D eigenvalue weighted by molar-refractivity contribution is -0.125. The number of nitrogens with zero attached hydrogens (tertiary/aromatic N) is 1. The number of piperazine rings is 1. The molecular weight excluding hydrogens is 236 g/mol. The lowest BCUT2D eigenvalue weighted by Crippen LogP contribution is -2.65. The van der Waals surface area contributed by atoms with Crippen LogP contribution in [0.3, 0.4) is 0 Å². The van der Waals surface area contributed by atoms with Gasteiger partial charge in [0.05, 0.1) is 5.54 Å². The zero-order valence-electron chi connectivity index (χ0n) is 10.3. The molecule has 0 spiro atoms. The Morgan fingerprint density at radius 3 is 2.82 bits per heavy atom. The summed E-state index contributed by atoms with van der Waals surface area (Å²) in [5.41, 5.74) is 0.337. The Bertz CT molecular complexity index is 445. The van der Waals surface area contributed by atoms with Gasteiger partial charge < -0.3 is 4.90 Å². The summed E-state index contributed by atoms with van der Waals surface area (Å²) in [4.78, 5) is 14.1. The molecule has 1 amide bonds. The predicted octanol–water partition coefficient (Wildman–Crippen LogP) is 2.44. The predicted molar refractivity (Wildman–Crippen MR) is 70.5 cm³/mol. The monoisotopic (exact) mass is 252 g/mol. The van der Waals surface area contributed by atoms with Crippen molar-refractivity contribution in [2.24, 2.45) is 0 Å². The highest BCUT2D eigenvalue weighted by molar-refractivity contribution is 6.31. The van der Waals surface area contributed by atoms with Gasteiger partial charge in [0.25, 0.3) is 0 Å². The first-order chi connectivity index (χ1) is 7.90. The van der Waals surface area contributed by atoms with Gasteiger partial charge in [-0.1, -0.05) is 17.7 Å². The number of carbonyl (C=O) groups excluding carboxylic acids is 1. The minimum Gasteiger partial charge on any atom is -0.309 e. The van der Waals surface area contributed by atoms with Crippen molar-refractivity contribution in [1.29, 1.82) is 0 Å². The Labute approximate surface area is 107 Å². The number of anilines is 1. The summed E-state index contributed by atoms with van der Waals surface area (Å²) in [5.74, 6) is 0.0814. The van der Waals surface area contributed by atoms with Gasteiger partial charge in [-0.15, -0.1) is 0 Å². The Balaban J connectivity index is 2.34. The van der Waals surface area contributed by atoms with Crippen molar-refractivity contribution in [2.75, 3.05) is 11.4 Å². The van der Waals surface area contributed by atoms with Crippen LogP contribution in [0.2, 0.25) is 5.02 Å². The molecule has 0 radical (unpaired) electrons. The number of nitrogens with one attached hydrogen (secondary N) is 1. The number of hydrogen-bond acceptors (Lipinski definition) is 2. The third-order valence-electron chi connectivity index (χ3n) is 2.96. The highest BCUT2D eigenvalue weighted by Gasteiger charge is 2.38. The fraction of sp³-hybridized carbons (Fsp3) is 0.462.